The summed E-state index contributed by atoms with van der Waals surface area (Å²) in [6.07, 6.45) is 0.858. The van der Waals surface area contributed by atoms with Gasteiger partial charge in [0.1, 0.15) is 5.75 Å². The van der Waals surface area contributed by atoms with Crippen molar-refractivity contribution in [2.24, 2.45) is 0 Å². The average molecular weight is 318 g/mol. The summed E-state index contributed by atoms with van der Waals surface area (Å²) in [5, 5.41) is 0. The monoisotopic (exact) mass is 317 g/mol. The summed E-state index contributed by atoms with van der Waals surface area (Å²) in [5.74, 6) is 0.651. The molecule has 1 aliphatic heterocycles. The highest BCUT2D eigenvalue weighted by Gasteiger charge is 2.21. The van der Waals surface area contributed by atoms with Gasteiger partial charge in [0.2, 0.25) is 0 Å². The molecule has 0 spiro atoms. The van der Waals surface area contributed by atoms with E-state index in [1.165, 1.54) is 0 Å². The van der Waals surface area contributed by atoms with Crippen molar-refractivity contribution in [3.63, 3.8) is 0 Å². The molecule has 0 aliphatic carbocycles. The average Bonchev–Trinajstić information content (AvgIpc) is 2.84. The van der Waals surface area contributed by atoms with Crippen LogP contribution in [0.1, 0.15) is 21.5 Å². The zero-order chi connectivity index (χ0) is 13.4. The highest BCUT2D eigenvalue weighted by Crippen LogP contribution is 2.31. The molecular weight excluding hydrogens is 306 g/mol. The van der Waals surface area contributed by atoms with Crippen LogP contribution in [0, 0.1) is 0 Å². The first kappa shape index (κ1) is 12.2. The van der Waals surface area contributed by atoms with Crippen LogP contribution in [-0.4, -0.2) is 12.4 Å². The van der Waals surface area contributed by atoms with Crippen molar-refractivity contribution < 1.29 is 9.53 Å². The summed E-state index contributed by atoms with van der Waals surface area (Å²) < 4.78 is 6.36. The lowest BCUT2D eigenvalue weighted by molar-refractivity contribution is 0.103. The molecule has 3 nitrogen and oxygen atoms in total. The number of nitrogen functional groups attached to an aromatic ring is 1. The number of carbonyl (C=O) groups is 1. The van der Waals surface area contributed by atoms with E-state index >= 15 is 0 Å². The van der Waals surface area contributed by atoms with E-state index in [0.717, 1.165) is 16.5 Å². The van der Waals surface area contributed by atoms with E-state index in [2.05, 4.69) is 15.9 Å². The summed E-state index contributed by atoms with van der Waals surface area (Å²) in [7, 11) is 0. The van der Waals surface area contributed by atoms with Crippen molar-refractivity contribution in [3.8, 4) is 5.75 Å². The largest absolute Gasteiger partial charge is 0.492 e. The van der Waals surface area contributed by atoms with Gasteiger partial charge in [-0.2, -0.15) is 0 Å². The molecule has 0 saturated heterocycles. The number of hydrogen-bond acceptors (Lipinski definition) is 3. The van der Waals surface area contributed by atoms with Crippen LogP contribution in [-0.2, 0) is 6.42 Å². The molecule has 0 fully saturated rings. The zero-order valence-corrected chi connectivity index (χ0v) is 11.7. The number of rotatable bonds is 2. The minimum absolute atomic E-state index is 0.0632. The number of anilines is 1. The van der Waals surface area contributed by atoms with Gasteiger partial charge < -0.3 is 10.5 Å². The third kappa shape index (κ3) is 2.24. The Labute approximate surface area is 119 Å². The molecule has 0 aromatic heterocycles. The highest BCUT2D eigenvalue weighted by molar-refractivity contribution is 9.10. The van der Waals surface area contributed by atoms with Crippen LogP contribution >= 0.6 is 15.9 Å². The Morgan fingerprint density at radius 2 is 2.11 bits per heavy atom. The van der Waals surface area contributed by atoms with Gasteiger partial charge in [-0.1, -0.05) is 28.1 Å². The lowest BCUT2D eigenvalue weighted by Gasteiger charge is -2.08. The maximum absolute atomic E-state index is 12.6. The van der Waals surface area contributed by atoms with Gasteiger partial charge in [-0.25, -0.2) is 0 Å². The van der Waals surface area contributed by atoms with E-state index in [1.54, 1.807) is 24.3 Å². The van der Waals surface area contributed by atoms with Crippen molar-refractivity contribution in [1.82, 2.24) is 0 Å². The maximum atomic E-state index is 12.6. The minimum atomic E-state index is -0.0632. The Morgan fingerprint density at radius 1 is 1.26 bits per heavy atom. The van der Waals surface area contributed by atoms with Crippen LogP contribution in [0.2, 0.25) is 0 Å². The summed E-state index contributed by atoms with van der Waals surface area (Å²) >= 11 is 3.35. The van der Waals surface area contributed by atoms with E-state index in [0.29, 0.717) is 29.2 Å². The summed E-state index contributed by atoms with van der Waals surface area (Å²) in [6, 6.07) is 10.9. The molecule has 0 bridgehead atoms. The number of hydrogen-bond donors (Lipinski definition) is 1. The molecule has 19 heavy (non-hydrogen) atoms. The second kappa shape index (κ2) is 4.70. The summed E-state index contributed by atoms with van der Waals surface area (Å²) in [5.41, 5.74) is 8.60. The SMILES string of the molecule is Nc1cc(Br)cc(C(=O)c2cccc3c2OCC3)c1. The molecule has 3 rings (SSSR count). The van der Waals surface area contributed by atoms with Gasteiger partial charge in [-0.15, -0.1) is 0 Å². The normalized spacial score (nSPS) is 12.9. The van der Waals surface area contributed by atoms with E-state index in [4.69, 9.17) is 10.5 Å². The molecule has 1 aliphatic rings. The van der Waals surface area contributed by atoms with Gasteiger partial charge in [0, 0.05) is 22.1 Å². The van der Waals surface area contributed by atoms with Crippen LogP contribution < -0.4 is 10.5 Å². The number of ketones is 1. The predicted octanol–water partition coefficient (Wildman–Crippen LogP) is 3.20. The third-order valence-corrected chi connectivity index (χ3v) is 3.60. The van der Waals surface area contributed by atoms with Crippen molar-refractivity contribution >= 4 is 27.4 Å². The molecule has 0 atom stereocenters. The standard InChI is InChI=1S/C15H12BrNO2/c16-11-6-10(7-12(17)8-11)14(18)13-3-1-2-9-4-5-19-15(9)13/h1-3,6-8H,4-5,17H2. The van der Waals surface area contributed by atoms with Crippen LogP contribution in [0.15, 0.2) is 40.9 Å². The van der Waals surface area contributed by atoms with Crippen molar-refractivity contribution in [1.29, 1.82) is 0 Å². The van der Waals surface area contributed by atoms with E-state index in [9.17, 15) is 4.79 Å². The van der Waals surface area contributed by atoms with Crippen molar-refractivity contribution in [3.05, 3.63) is 57.6 Å². The molecular formula is C15H12BrNO2. The van der Waals surface area contributed by atoms with Crippen molar-refractivity contribution in [2.45, 2.75) is 6.42 Å². The number of benzene rings is 2. The number of halogens is 1. The van der Waals surface area contributed by atoms with Gasteiger partial charge in [0.25, 0.3) is 0 Å². The Balaban J connectivity index is 2.07. The molecule has 0 radical (unpaired) electrons. The van der Waals surface area contributed by atoms with E-state index in [-0.39, 0.29) is 5.78 Å². The van der Waals surface area contributed by atoms with Crippen LogP contribution in [0.25, 0.3) is 0 Å². The predicted molar refractivity (Wildman–Crippen MR) is 77.6 cm³/mol. The fourth-order valence-corrected chi connectivity index (χ4v) is 2.80. The molecule has 1 heterocycles. The lowest BCUT2D eigenvalue weighted by atomic mass is 9.99. The Hall–Kier alpha value is -1.81. The Bertz CT molecular complexity index is 647. The molecule has 0 unspecified atom stereocenters. The van der Waals surface area contributed by atoms with Crippen LogP contribution in [0.4, 0.5) is 5.69 Å². The first-order valence-corrected chi connectivity index (χ1v) is 6.80. The Kier molecular flexibility index (Phi) is 3.03. The Morgan fingerprint density at radius 3 is 2.89 bits per heavy atom. The molecule has 96 valence electrons. The highest BCUT2D eigenvalue weighted by atomic mass is 79.9. The van der Waals surface area contributed by atoms with Gasteiger partial charge in [0.15, 0.2) is 5.78 Å². The first-order valence-electron chi connectivity index (χ1n) is 6.00. The van der Waals surface area contributed by atoms with Gasteiger partial charge >= 0.3 is 0 Å². The third-order valence-electron chi connectivity index (χ3n) is 3.14. The fraction of sp³-hybridized carbons (Fsp3) is 0.133. The smallest absolute Gasteiger partial charge is 0.196 e. The molecule has 4 heteroatoms. The fourth-order valence-electron chi connectivity index (χ4n) is 2.29. The number of carbonyl (C=O) groups excluding carboxylic acids is 1. The molecule has 2 aromatic carbocycles. The molecule has 2 aromatic rings. The number of fused-ring (bicyclic) bond motifs is 1. The molecule has 2 N–H and O–H groups in total. The van der Waals surface area contributed by atoms with E-state index in [1.807, 2.05) is 12.1 Å². The molecule has 0 saturated carbocycles. The lowest BCUT2D eigenvalue weighted by Crippen LogP contribution is -2.04. The van der Waals surface area contributed by atoms with Crippen LogP contribution in [0.3, 0.4) is 0 Å². The molecule has 0 amide bonds. The van der Waals surface area contributed by atoms with Crippen molar-refractivity contribution in [2.75, 3.05) is 12.3 Å². The van der Waals surface area contributed by atoms with Crippen LogP contribution in [0.5, 0.6) is 5.75 Å². The number of para-hydroxylation sites is 1. The first-order chi connectivity index (χ1) is 9.15. The quantitative estimate of drug-likeness (QED) is 0.683. The maximum Gasteiger partial charge on any atom is 0.196 e. The zero-order valence-electron chi connectivity index (χ0n) is 10.2. The second-order valence-corrected chi connectivity index (χ2v) is 5.41. The summed E-state index contributed by atoms with van der Waals surface area (Å²) in [4.78, 5) is 12.6. The summed E-state index contributed by atoms with van der Waals surface area (Å²) in [6.45, 7) is 0.639. The van der Waals surface area contributed by atoms with Gasteiger partial charge in [0.05, 0.1) is 12.2 Å². The van der Waals surface area contributed by atoms with Gasteiger partial charge in [-0.3, -0.25) is 4.79 Å². The number of nitrogens with two attached hydrogens (primary N) is 1. The van der Waals surface area contributed by atoms with Gasteiger partial charge in [-0.05, 0) is 29.8 Å². The van der Waals surface area contributed by atoms with E-state index < -0.39 is 0 Å². The topological polar surface area (TPSA) is 52.3 Å². The number of ether oxygens (including phenoxy) is 1. The minimum Gasteiger partial charge on any atom is -0.492 e. The second-order valence-electron chi connectivity index (χ2n) is 4.49.